The van der Waals surface area contributed by atoms with E-state index in [1.165, 1.54) is 0 Å². The minimum atomic E-state index is -0.195. The smallest absolute Gasteiger partial charge is 0.267 e. The molecule has 76 valence electrons. The lowest BCUT2D eigenvalue weighted by atomic mass is 10.1. The molecule has 0 aliphatic heterocycles. The van der Waals surface area contributed by atoms with Gasteiger partial charge in [-0.2, -0.15) is 5.10 Å². The number of hydrogen-bond acceptors (Lipinski definition) is 3. The normalized spacial score (nSPS) is 10.2. The van der Waals surface area contributed by atoms with Gasteiger partial charge >= 0.3 is 0 Å². The first-order valence-electron chi connectivity index (χ1n) is 4.52. The number of rotatable bonds is 1. The van der Waals surface area contributed by atoms with Gasteiger partial charge in [-0.05, 0) is 25.1 Å². The maximum atomic E-state index is 11.1. The van der Waals surface area contributed by atoms with Crippen LogP contribution in [-0.4, -0.2) is 15.3 Å². The van der Waals surface area contributed by atoms with Crippen LogP contribution in [0.2, 0.25) is 0 Å². The molecule has 2 rings (SSSR count). The number of H-pyrrole nitrogens is 1. The summed E-state index contributed by atoms with van der Waals surface area (Å²) < 4.78 is 0. The van der Waals surface area contributed by atoms with Gasteiger partial charge in [-0.15, -0.1) is 0 Å². The van der Waals surface area contributed by atoms with Crippen LogP contribution in [0.3, 0.4) is 0 Å². The van der Waals surface area contributed by atoms with E-state index in [9.17, 15) is 9.90 Å². The van der Waals surface area contributed by atoms with Crippen LogP contribution in [0.1, 0.15) is 5.56 Å². The van der Waals surface area contributed by atoms with E-state index in [1.54, 1.807) is 31.2 Å². The highest BCUT2D eigenvalue weighted by molar-refractivity contribution is 5.60. The van der Waals surface area contributed by atoms with Gasteiger partial charge in [-0.25, -0.2) is 5.10 Å². The predicted octanol–water partition coefficient (Wildman–Crippen LogP) is 1.45. The zero-order valence-corrected chi connectivity index (χ0v) is 8.19. The first-order chi connectivity index (χ1) is 7.16. The van der Waals surface area contributed by atoms with Crippen LogP contribution in [0.15, 0.2) is 35.1 Å². The van der Waals surface area contributed by atoms with Gasteiger partial charge in [0.2, 0.25) is 0 Å². The van der Waals surface area contributed by atoms with Crippen molar-refractivity contribution in [2.24, 2.45) is 0 Å². The molecule has 0 fully saturated rings. The number of aromatic amines is 1. The zero-order valence-electron chi connectivity index (χ0n) is 8.19. The molecule has 4 nitrogen and oxygen atoms in total. The monoisotopic (exact) mass is 202 g/mol. The SMILES string of the molecule is Cc1cc(-c2cccc(O)c2)n[nH]c1=O. The lowest BCUT2D eigenvalue weighted by Gasteiger charge is -2.01. The molecule has 1 aromatic carbocycles. The summed E-state index contributed by atoms with van der Waals surface area (Å²) in [7, 11) is 0. The van der Waals surface area contributed by atoms with Crippen LogP contribution in [0.25, 0.3) is 11.3 Å². The Morgan fingerprint density at radius 1 is 1.33 bits per heavy atom. The maximum Gasteiger partial charge on any atom is 0.267 e. The summed E-state index contributed by atoms with van der Waals surface area (Å²) in [6.07, 6.45) is 0. The Hall–Kier alpha value is -2.10. The maximum absolute atomic E-state index is 11.1. The fraction of sp³-hybridized carbons (Fsp3) is 0.0909. The Kier molecular flexibility index (Phi) is 2.25. The summed E-state index contributed by atoms with van der Waals surface area (Å²) in [4.78, 5) is 11.1. The van der Waals surface area contributed by atoms with E-state index >= 15 is 0 Å². The van der Waals surface area contributed by atoms with Crippen molar-refractivity contribution in [1.82, 2.24) is 10.2 Å². The summed E-state index contributed by atoms with van der Waals surface area (Å²) >= 11 is 0. The van der Waals surface area contributed by atoms with Gasteiger partial charge in [-0.3, -0.25) is 4.79 Å². The van der Waals surface area contributed by atoms with Gasteiger partial charge in [0.25, 0.3) is 5.56 Å². The van der Waals surface area contributed by atoms with E-state index in [0.29, 0.717) is 11.3 Å². The van der Waals surface area contributed by atoms with Crippen molar-refractivity contribution in [3.63, 3.8) is 0 Å². The highest BCUT2D eigenvalue weighted by atomic mass is 16.3. The van der Waals surface area contributed by atoms with Crippen LogP contribution in [-0.2, 0) is 0 Å². The molecule has 1 heterocycles. The topological polar surface area (TPSA) is 66.0 Å². The van der Waals surface area contributed by atoms with Crippen molar-refractivity contribution < 1.29 is 5.11 Å². The van der Waals surface area contributed by atoms with Crippen molar-refractivity contribution in [3.8, 4) is 17.0 Å². The van der Waals surface area contributed by atoms with Gasteiger partial charge < -0.3 is 5.11 Å². The molecular weight excluding hydrogens is 192 g/mol. The van der Waals surface area contributed by atoms with Crippen LogP contribution >= 0.6 is 0 Å². The van der Waals surface area contributed by atoms with E-state index in [1.807, 2.05) is 6.07 Å². The molecule has 0 saturated heterocycles. The van der Waals surface area contributed by atoms with Gasteiger partial charge in [0.1, 0.15) is 5.75 Å². The van der Waals surface area contributed by atoms with Crippen molar-refractivity contribution in [1.29, 1.82) is 0 Å². The summed E-state index contributed by atoms with van der Waals surface area (Å²) in [5.41, 5.74) is 1.82. The number of aromatic nitrogens is 2. The molecule has 15 heavy (non-hydrogen) atoms. The Bertz CT molecular complexity index is 546. The fourth-order valence-corrected chi connectivity index (χ4v) is 1.32. The molecule has 0 radical (unpaired) electrons. The standard InChI is InChI=1S/C11H10N2O2/c1-7-5-10(12-13-11(7)15)8-3-2-4-9(14)6-8/h2-6,14H,1H3,(H,13,15). The lowest BCUT2D eigenvalue weighted by molar-refractivity contribution is 0.475. The minimum Gasteiger partial charge on any atom is -0.508 e. The molecule has 2 aromatic rings. The van der Waals surface area contributed by atoms with Crippen molar-refractivity contribution in [2.75, 3.05) is 0 Å². The second kappa shape index (κ2) is 3.57. The second-order valence-electron chi connectivity index (χ2n) is 3.32. The molecule has 0 spiro atoms. The van der Waals surface area contributed by atoms with E-state index in [-0.39, 0.29) is 11.3 Å². The number of nitrogens with one attached hydrogen (secondary N) is 1. The van der Waals surface area contributed by atoms with Crippen molar-refractivity contribution in [2.45, 2.75) is 6.92 Å². The van der Waals surface area contributed by atoms with Crippen molar-refractivity contribution >= 4 is 0 Å². The molecular formula is C11H10N2O2. The Morgan fingerprint density at radius 2 is 2.13 bits per heavy atom. The summed E-state index contributed by atoms with van der Waals surface area (Å²) in [5.74, 6) is 0.179. The molecule has 2 N–H and O–H groups in total. The molecule has 0 atom stereocenters. The zero-order chi connectivity index (χ0) is 10.8. The second-order valence-corrected chi connectivity index (χ2v) is 3.32. The number of aromatic hydroxyl groups is 1. The molecule has 4 heteroatoms. The highest BCUT2D eigenvalue weighted by Gasteiger charge is 2.02. The first-order valence-corrected chi connectivity index (χ1v) is 4.52. The average molecular weight is 202 g/mol. The summed E-state index contributed by atoms with van der Waals surface area (Å²) in [6.45, 7) is 1.72. The largest absolute Gasteiger partial charge is 0.508 e. The predicted molar refractivity (Wildman–Crippen MR) is 56.7 cm³/mol. The molecule has 0 aliphatic carbocycles. The third kappa shape index (κ3) is 1.88. The number of phenolic OH excluding ortho intramolecular Hbond substituents is 1. The molecule has 0 unspecified atom stereocenters. The van der Waals surface area contributed by atoms with E-state index < -0.39 is 0 Å². The van der Waals surface area contributed by atoms with Crippen LogP contribution in [0.5, 0.6) is 5.75 Å². The average Bonchev–Trinajstić information content (AvgIpc) is 2.22. The van der Waals surface area contributed by atoms with Gasteiger partial charge in [0.05, 0.1) is 5.69 Å². The fourth-order valence-electron chi connectivity index (χ4n) is 1.32. The number of phenols is 1. The van der Waals surface area contributed by atoms with E-state index in [0.717, 1.165) is 5.56 Å². The quantitative estimate of drug-likeness (QED) is 0.735. The molecule has 0 saturated carbocycles. The summed E-state index contributed by atoms with van der Waals surface area (Å²) in [6, 6.07) is 8.42. The van der Waals surface area contributed by atoms with Crippen LogP contribution in [0.4, 0.5) is 0 Å². The molecule has 0 bridgehead atoms. The molecule has 1 aromatic heterocycles. The van der Waals surface area contributed by atoms with Gasteiger partial charge in [-0.1, -0.05) is 12.1 Å². The van der Waals surface area contributed by atoms with Crippen molar-refractivity contribution in [3.05, 3.63) is 46.2 Å². The highest BCUT2D eigenvalue weighted by Crippen LogP contribution is 2.20. The first kappa shape index (κ1) is 9.45. The molecule has 0 amide bonds. The van der Waals surface area contributed by atoms with E-state index in [4.69, 9.17) is 0 Å². The molecule has 0 aliphatic rings. The summed E-state index contributed by atoms with van der Waals surface area (Å²) in [5, 5.41) is 15.6. The lowest BCUT2D eigenvalue weighted by Crippen LogP contribution is -2.11. The van der Waals surface area contributed by atoms with Crippen LogP contribution in [0, 0.1) is 6.92 Å². The third-order valence-corrected chi connectivity index (χ3v) is 2.13. The van der Waals surface area contributed by atoms with E-state index in [2.05, 4.69) is 10.2 Å². The van der Waals surface area contributed by atoms with Gasteiger partial charge in [0.15, 0.2) is 0 Å². The minimum absolute atomic E-state index is 0.179. The number of nitrogens with zero attached hydrogens (tertiary/aromatic N) is 1. The van der Waals surface area contributed by atoms with Crippen LogP contribution < -0.4 is 5.56 Å². The Labute approximate surface area is 86.2 Å². The Balaban J connectivity index is 2.55. The Morgan fingerprint density at radius 3 is 2.80 bits per heavy atom. The third-order valence-electron chi connectivity index (χ3n) is 2.13. The number of hydrogen-bond donors (Lipinski definition) is 2. The number of benzene rings is 1. The van der Waals surface area contributed by atoms with Gasteiger partial charge in [0, 0.05) is 11.1 Å². The number of aryl methyl sites for hydroxylation is 1.